The van der Waals surface area contributed by atoms with Crippen LogP contribution in [0.4, 0.5) is 0 Å². The molecule has 0 heterocycles. The zero-order valence-electron chi connectivity index (χ0n) is 16.7. The van der Waals surface area contributed by atoms with Crippen LogP contribution in [-0.4, -0.2) is 13.0 Å². The van der Waals surface area contributed by atoms with Crippen LogP contribution >= 0.6 is 0 Å². The Morgan fingerprint density at radius 2 is 1.64 bits per heavy atom. The van der Waals surface area contributed by atoms with Crippen LogP contribution in [0.2, 0.25) is 0 Å². The monoisotopic (exact) mass is 430 g/mol. The van der Waals surface area contributed by atoms with Crippen LogP contribution in [0.15, 0.2) is 47.4 Å². The third-order valence-electron chi connectivity index (χ3n) is 4.39. The molecule has 2 aromatic carbocycles. The molecule has 0 aromatic heterocycles. The molecule has 0 saturated carbocycles. The largest absolute Gasteiger partial charge is 1.00 e. The van der Waals surface area contributed by atoms with Gasteiger partial charge in [-0.3, -0.25) is 4.55 Å². The second kappa shape index (κ2) is 13.0. The summed E-state index contributed by atoms with van der Waals surface area (Å²) in [5.74, 6) is -0.105. The molecule has 1 N–H and O–H groups in total. The van der Waals surface area contributed by atoms with Gasteiger partial charge in [0.15, 0.2) is 0 Å². The summed E-state index contributed by atoms with van der Waals surface area (Å²) in [7, 11) is -4.54. The summed E-state index contributed by atoms with van der Waals surface area (Å²) in [5.41, 5.74) is 1.11. The zero-order chi connectivity index (χ0) is 19.7. The Morgan fingerprint density at radius 1 is 0.964 bits per heavy atom. The van der Waals surface area contributed by atoms with Crippen molar-refractivity contribution in [3.05, 3.63) is 48.0 Å². The Balaban J connectivity index is 0.00000392. The molecule has 0 aliphatic rings. The van der Waals surface area contributed by atoms with Crippen molar-refractivity contribution in [2.45, 2.75) is 63.2 Å². The van der Waals surface area contributed by atoms with Gasteiger partial charge in [0.25, 0.3) is 10.1 Å². The van der Waals surface area contributed by atoms with Gasteiger partial charge in [0.1, 0.15) is 16.4 Å². The predicted molar refractivity (Wildman–Crippen MR) is 104 cm³/mol. The Bertz CT molecular complexity index is 836. The Hall–Kier alpha value is -0.414. The number of ether oxygens (including phenoxy) is 1. The van der Waals surface area contributed by atoms with Gasteiger partial charge in [-0.2, -0.15) is 8.42 Å². The van der Waals surface area contributed by atoms with E-state index < -0.39 is 20.8 Å². The van der Waals surface area contributed by atoms with E-state index in [1.165, 1.54) is 50.7 Å². The molecule has 0 fully saturated rings. The molecule has 0 unspecified atom stereocenters. The maximum absolute atomic E-state index is 11.5. The Kier molecular flexibility index (Phi) is 11.9. The van der Waals surface area contributed by atoms with Crippen molar-refractivity contribution in [2.24, 2.45) is 0 Å². The van der Waals surface area contributed by atoms with Crippen LogP contribution < -0.4 is 61.2 Å². The summed E-state index contributed by atoms with van der Waals surface area (Å²) in [6.45, 7) is 2.21. The molecular weight excluding hydrogens is 403 g/mol. The van der Waals surface area contributed by atoms with Gasteiger partial charge in [-0.05, 0) is 42.7 Å². The van der Waals surface area contributed by atoms with Crippen molar-refractivity contribution in [1.82, 2.24) is 0 Å². The normalized spacial score (nSPS) is 11.1. The SMILES string of the molecule is CCCCCCCCCc1cccc(Oc2ccc([O-])cc2S(=O)(=O)O)c1.[K+]. The first-order valence-electron chi connectivity index (χ1n) is 9.45. The van der Waals surface area contributed by atoms with Crippen molar-refractivity contribution in [3.8, 4) is 17.2 Å². The van der Waals surface area contributed by atoms with Crippen molar-refractivity contribution < 1.29 is 74.2 Å². The summed E-state index contributed by atoms with van der Waals surface area (Å²) >= 11 is 0. The maximum atomic E-state index is 11.5. The average Bonchev–Trinajstić information content (AvgIpc) is 2.62. The molecule has 148 valence electrons. The van der Waals surface area contributed by atoms with Crippen LogP contribution in [0, 0.1) is 0 Å². The van der Waals surface area contributed by atoms with Crippen molar-refractivity contribution in [2.75, 3.05) is 0 Å². The van der Waals surface area contributed by atoms with E-state index in [-0.39, 0.29) is 57.1 Å². The van der Waals surface area contributed by atoms with Gasteiger partial charge in [-0.1, -0.05) is 63.6 Å². The van der Waals surface area contributed by atoms with E-state index in [0.29, 0.717) is 5.75 Å². The Morgan fingerprint density at radius 3 is 2.32 bits per heavy atom. The van der Waals surface area contributed by atoms with Gasteiger partial charge in [0, 0.05) is 0 Å². The first-order chi connectivity index (χ1) is 12.9. The molecule has 0 bridgehead atoms. The molecule has 0 saturated heterocycles. The second-order valence-electron chi connectivity index (χ2n) is 6.70. The zero-order valence-corrected chi connectivity index (χ0v) is 20.6. The molecule has 5 nitrogen and oxygen atoms in total. The number of rotatable bonds is 11. The first kappa shape index (κ1) is 25.6. The average molecular weight is 431 g/mol. The summed E-state index contributed by atoms with van der Waals surface area (Å²) in [4.78, 5) is -0.521. The second-order valence-corrected chi connectivity index (χ2v) is 8.09. The number of hydrogen-bond donors (Lipinski definition) is 1. The number of unbranched alkanes of at least 4 members (excludes halogenated alkanes) is 6. The third-order valence-corrected chi connectivity index (χ3v) is 5.26. The van der Waals surface area contributed by atoms with Crippen molar-refractivity contribution in [3.63, 3.8) is 0 Å². The van der Waals surface area contributed by atoms with E-state index in [4.69, 9.17) is 4.74 Å². The van der Waals surface area contributed by atoms with Gasteiger partial charge in [0.2, 0.25) is 0 Å². The molecule has 0 spiro atoms. The number of benzene rings is 2. The fourth-order valence-electron chi connectivity index (χ4n) is 2.95. The summed E-state index contributed by atoms with van der Waals surface area (Å²) in [6, 6.07) is 10.7. The molecule has 0 amide bonds. The first-order valence-corrected chi connectivity index (χ1v) is 10.9. The van der Waals surface area contributed by atoms with E-state index >= 15 is 0 Å². The molecular formula is C21H27KO5S. The van der Waals surface area contributed by atoms with Gasteiger partial charge in [-0.15, -0.1) is 5.75 Å². The number of aryl methyl sites for hydroxylation is 1. The van der Waals surface area contributed by atoms with Crippen molar-refractivity contribution >= 4 is 10.1 Å². The van der Waals surface area contributed by atoms with E-state index in [9.17, 15) is 18.1 Å². The molecule has 0 radical (unpaired) electrons. The molecule has 0 atom stereocenters. The predicted octanol–water partition coefficient (Wildman–Crippen LogP) is 2.10. The smallest absolute Gasteiger partial charge is 0.872 e. The minimum Gasteiger partial charge on any atom is -0.872 e. The summed E-state index contributed by atoms with van der Waals surface area (Å²) in [6.07, 6.45) is 9.60. The van der Waals surface area contributed by atoms with E-state index in [2.05, 4.69) is 6.92 Å². The summed E-state index contributed by atoms with van der Waals surface area (Å²) < 4.78 is 37.9. The molecule has 28 heavy (non-hydrogen) atoms. The van der Waals surface area contributed by atoms with Crippen LogP contribution in [-0.2, 0) is 16.5 Å². The fraction of sp³-hybridized carbons (Fsp3) is 0.429. The maximum Gasteiger partial charge on any atom is 1.00 e. The summed E-state index contributed by atoms with van der Waals surface area (Å²) in [5, 5.41) is 11.4. The van der Waals surface area contributed by atoms with Crippen LogP contribution in [0.3, 0.4) is 0 Å². The fourth-order valence-corrected chi connectivity index (χ4v) is 3.58. The van der Waals surface area contributed by atoms with Crippen molar-refractivity contribution in [1.29, 1.82) is 0 Å². The quantitative estimate of drug-likeness (QED) is 0.335. The van der Waals surface area contributed by atoms with E-state index in [0.717, 1.165) is 24.5 Å². The van der Waals surface area contributed by atoms with Gasteiger partial charge < -0.3 is 9.84 Å². The van der Waals surface area contributed by atoms with E-state index in [1.54, 1.807) is 6.07 Å². The molecule has 2 aromatic rings. The molecule has 0 aliphatic heterocycles. The molecule has 2 rings (SSSR count). The minimum absolute atomic E-state index is 0. The van der Waals surface area contributed by atoms with Gasteiger partial charge >= 0.3 is 51.4 Å². The standard InChI is InChI=1S/C21H28O5S.K/c1-2-3-4-5-6-7-8-10-17-11-9-12-19(15-17)26-20-14-13-18(22)16-21(20)27(23,24)25;/h9,11-16,22H,2-8,10H2,1H3,(H,23,24,25);/q;+1/p-1. The number of hydrogen-bond acceptors (Lipinski definition) is 4. The molecule has 0 aliphatic carbocycles. The minimum atomic E-state index is -4.54. The van der Waals surface area contributed by atoms with Crippen LogP contribution in [0.5, 0.6) is 17.2 Å². The molecule has 7 heteroatoms. The Labute approximate surface area is 210 Å². The van der Waals surface area contributed by atoms with E-state index in [1.807, 2.05) is 18.2 Å². The van der Waals surface area contributed by atoms with Crippen LogP contribution in [0.25, 0.3) is 0 Å². The van der Waals surface area contributed by atoms with Gasteiger partial charge in [-0.25, -0.2) is 0 Å². The van der Waals surface area contributed by atoms with Gasteiger partial charge in [0.05, 0.1) is 0 Å². The van der Waals surface area contributed by atoms with Crippen LogP contribution in [0.1, 0.15) is 57.4 Å². The topological polar surface area (TPSA) is 86.7 Å². The third kappa shape index (κ3) is 8.94.